The van der Waals surface area contributed by atoms with Crippen LogP contribution in [0.2, 0.25) is 0 Å². The molecule has 2 amide bonds. The molecule has 0 aliphatic carbocycles. The first-order valence-electron chi connectivity index (χ1n) is 11.9. The lowest BCUT2D eigenvalue weighted by atomic mass is 9.95. The number of amides is 2. The van der Waals surface area contributed by atoms with E-state index in [0.717, 1.165) is 38.9 Å². The Labute approximate surface area is 196 Å². The van der Waals surface area contributed by atoms with E-state index < -0.39 is 11.8 Å². The second-order valence-electron chi connectivity index (χ2n) is 8.79. The molecule has 7 heteroatoms. The van der Waals surface area contributed by atoms with Crippen LogP contribution < -0.4 is 15.5 Å². The first-order valence-corrected chi connectivity index (χ1v) is 11.9. The number of hydrogen-bond acceptors (Lipinski definition) is 5. The van der Waals surface area contributed by atoms with Gasteiger partial charge >= 0.3 is 11.8 Å². The van der Waals surface area contributed by atoms with Crippen LogP contribution in [0.4, 0.5) is 11.4 Å². The van der Waals surface area contributed by atoms with E-state index >= 15 is 0 Å². The van der Waals surface area contributed by atoms with E-state index in [1.165, 1.54) is 22.4 Å². The Bertz CT molecular complexity index is 970. The van der Waals surface area contributed by atoms with Crippen molar-refractivity contribution in [3.05, 3.63) is 59.2 Å². The van der Waals surface area contributed by atoms with Crippen molar-refractivity contribution in [2.75, 3.05) is 56.7 Å². The van der Waals surface area contributed by atoms with E-state index in [1.807, 2.05) is 24.3 Å². The van der Waals surface area contributed by atoms with Gasteiger partial charge in [-0.25, -0.2) is 0 Å². The lowest BCUT2D eigenvalue weighted by Crippen LogP contribution is -2.45. The fourth-order valence-corrected chi connectivity index (χ4v) is 4.64. The largest absolute Gasteiger partial charge is 0.379 e. The van der Waals surface area contributed by atoms with E-state index in [0.29, 0.717) is 25.4 Å². The maximum Gasteiger partial charge on any atom is 0.313 e. The summed E-state index contributed by atoms with van der Waals surface area (Å²) in [6.07, 6.45) is 3.14. The van der Waals surface area contributed by atoms with Crippen LogP contribution in [-0.2, 0) is 27.2 Å². The van der Waals surface area contributed by atoms with Crippen LogP contribution in [-0.4, -0.2) is 63.2 Å². The predicted octanol–water partition coefficient (Wildman–Crippen LogP) is 2.76. The second kappa shape index (κ2) is 10.8. The number of morpholine rings is 1. The van der Waals surface area contributed by atoms with Crippen molar-refractivity contribution < 1.29 is 14.3 Å². The van der Waals surface area contributed by atoms with Crippen molar-refractivity contribution in [1.29, 1.82) is 0 Å². The Morgan fingerprint density at radius 3 is 2.52 bits per heavy atom. The lowest BCUT2D eigenvalue weighted by molar-refractivity contribution is -0.136. The Kier molecular flexibility index (Phi) is 7.62. The van der Waals surface area contributed by atoms with Gasteiger partial charge in [-0.15, -0.1) is 0 Å². The number of carbonyl (C=O) groups is 2. The van der Waals surface area contributed by atoms with Crippen molar-refractivity contribution >= 4 is 23.2 Å². The van der Waals surface area contributed by atoms with Crippen molar-refractivity contribution in [2.24, 2.45) is 0 Å². The smallest absolute Gasteiger partial charge is 0.313 e. The number of hydrogen-bond donors (Lipinski definition) is 2. The minimum atomic E-state index is -0.646. The van der Waals surface area contributed by atoms with E-state index in [4.69, 9.17) is 4.74 Å². The van der Waals surface area contributed by atoms with Crippen LogP contribution in [0.3, 0.4) is 0 Å². The van der Waals surface area contributed by atoms with Gasteiger partial charge in [0, 0.05) is 44.6 Å². The molecule has 176 valence electrons. The zero-order chi connectivity index (χ0) is 23.2. The average molecular weight is 451 g/mol. The molecule has 33 heavy (non-hydrogen) atoms. The summed E-state index contributed by atoms with van der Waals surface area (Å²) in [5.74, 6) is -1.27. The van der Waals surface area contributed by atoms with Gasteiger partial charge in [-0.3, -0.25) is 14.5 Å². The average Bonchev–Trinajstić information content (AvgIpc) is 2.85. The SMILES string of the molecule is CCc1ccc(NC(=O)C(=O)NC[C@@H](c2ccc3c(c2)CCCN3C)N2CCOCC2)cc1. The summed E-state index contributed by atoms with van der Waals surface area (Å²) in [6.45, 7) is 6.47. The van der Waals surface area contributed by atoms with E-state index in [-0.39, 0.29) is 6.04 Å². The van der Waals surface area contributed by atoms with E-state index in [2.05, 4.69) is 52.6 Å². The molecule has 1 atom stereocenters. The molecule has 4 rings (SSSR count). The number of fused-ring (bicyclic) bond motifs is 1. The molecule has 0 aromatic heterocycles. The summed E-state index contributed by atoms with van der Waals surface area (Å²) in [7, 11) is 2.13. The minimum Gasteiger partial charge on any atom is -0.379 e. The molecule has 1 saturated heterocycles. The van der Waals surface area contributed by atoms with E-state index in [1.54, 1.807) is 0 Å². The summed E-state index contributed by atoms with van der Waals surface area (Å²) >= 11 is 0. The van der Waals surface area contributed by atoms with Crippen LogP contribution in [0, 0.1) is 0 Å². The summed E-state index contributed by atoms with van der Waals surface area (Å²) in [4.78, 5) is 29.7. The zero-order valence-corrected chi connectivity index (χ0v) is 19.6. The Morgan fingerprint density at radius 1 is 1.03 bits per heavy atom. The fraction of sp³-hybridized carbons (Fsp3) is 0.462. The second-order valence-corrected chi connectivity index (χ2v) is 8.79. The van der Waals surface area contributed by atoms with Crippen LogP contribution in [0.15, 0.2) is 42.5 Å². The van der Waals surface area contributed by atoms with Gasteiger partial charge in [0.25, 0.3) is 0 Å². The van der Waals surface area contributed by atoms with Gasteiger partial charge in [-0.05, 0) is 54.2 Å². The maximum absolute atomic E-state index is 12.6. The van der Waals surface area contributed by atoms with Crippen LogP contribution >= 0.6 is 0 Å². The highest BCUT2D eigenvalue weighted by atomic mass is 16.5. The summed E-state index contributed by atoms with van der Waals surface area (Å²) < 4.78 is 5.54. The van der Waals surface area contributed by atoms with Crippen LogP contribution in [0.5, 0.6) is 0 Å². The predicted molar refractivity (Wildman–Crippen MR) is 131 cm³/mol. The number of nitrogens with zero attached hydrogens (tertiary/aromatic N) is 2. The molecule has 0 radical (unpaired) electrons. The molecule has 2 heterocycles. The van der Waals surface area contributed by atoms with Gasteiger partial charge < -0.3 is 20.3 Å². The highest BCUT2D eigenvalue weighted by Gasteiger charge is 2.26. The molecule has 2 aliphatic heterocycles. The number of rotatable bonds is 6. The van der Waals surface area contributed by atoms with Crippen LogP contribution in [0.25, 0.3) is 0 Å². The zero-order valence-electron chi connectivity index (χ0n) is 19.6. The van der Waals surface area contributed by atoms with Gasteiger partial charge in [0.1, 0.15) is 0 Å². The highest BCUT2D eigenvalue weighted by molar-refractivity contribution is 6.39. The molecule has 2 aliphatic rings. The third-order valence-corrected chi connectivity index (χ3v) is 6.61. The number of ether oxygens (including phenoxy) is 1. The summed E-state index contributed by atoms with van der Waals surface area (Å²) in [5.41, 5.74) is 5.60. The molecule has 0 saturated carbocycles. The maximum atomic E-state index is 12.6. The summed E-state index contributed by atoms with van der Waals surface area (Å²) in [6, 6.07) is 14.2. The normalized spacial score (nSPS) is 17.2. The molecular formula is C26H34N4O3. The molecule has 0 unspecified atom stereocenters. The number of anilines is 2. The van der Waals surface area contributed by atoms with Crippen molar-refractivity contribution in [3.8, 4) is 0 Å². The Morgan fingerprint density at radius 2 is 1.79 bits per heavy atom. The molecule has 2 N–H and O–H groups in total. The lowest BCUT2D eigenvalue weighted by Gasteiger charge is -2.36. The van der Waals surface area contributed by atoms with Gasteiger partial charge in [0.2, 0.25) is 0 Å². The van der Waals surface area contributed by atoms with Crippen LogP contribution in [0.1, 0.15) is 36.1 Å². The van der Waals surface area contributed by atoms with Gasteiger partial charge in [-0.1, -0.05) is 31.2 Å². The van der Waals surface area contributed by atoms with E-state index in [9.17, 15) is 9.59 Å². The topological polar surface area (TPSA) is 73.9 Å². The molecule has 0 bridgehead atoms. The monoisotopic (exact) mass is 450 g/mol. The Hall–Kier alpha value is -2.90. The van der Waals surface area contributed by atoms with Gasteiger partial charge in [0.05, 0.1) is 19.3 Å². The third kappa shape index (κ3) is 5.72. The molecule has 2 aromatic carbocycles. The minimum absolute atomic E-state index is 0.00739. The first-order chi connectivity index (χ1) is 16.0. The molecule has 1 fully saturated rings. The quantitative estimate of drug-likeness (QED) is 0.662. The van der Waals surface area contributed by atoms with Crippen molar-refractivity contribution in [2.45, 2.75) is 32.2 Å². The van der Waals surface area contributed by atoms with Gasteiger partial charge in [0.15, 0.2) is 0 Å². The third-order valence-electron chi connectivity index (χ3n) is 6.61. The first kappa shape index (κ1) is 23.3. The number of aryl methyl sites for hydroxylation is 2. The van der Waals surface area contributed by atoms with Gasteiger partial charge in [-0.2, -0.15) is 0 Å². The molecule has 2 aromatic rings. The standard InChI is InChI=1S/C26H34N4O3/c1-3-19-6-9-22(10-7-19)28-26(32)25(31)27-18-24(30-13-15-33-16-14-30)21-8-11-23-20(17-21)5-4-12-29(23)2/h6-11,17,24H,3-5,12-16,18H2,1-2H3,(H,27,31)(H,28,32)/t24-/m0/s1. The molecule has 0 spiro atoms. The van der Waals surface area contributed by atoms with Crippen molar-refractivity contribution in [3.63, 3.8) is 0 Å². The number of benzene rings is 2. The summed E-state index contributed by atoms with van der Waals surface area (Å²) in [5, 5.41) is 5.56. The van der Waals surface area contributed by atoms with Crippen molar-refractivity contribution in [1.82, 2.24) is 10.2 Å². The number of carbonyl (C=O) groups excluding carboxylic acids is 2. The highest BCUT2D eigenvalue weighted by Crippen LogP contribution is 2.31. The fourth-order valence-electron chi connectivity index (χ4n) is 4.64. The molecule has 7 nitrogen and oxygen atoms in total. The molecular weight excluding hydrogens is 416 g/mol. The Balaban J connectivity index is 1.44. The number of nitrogens with one attached hydrogen (secondary N) is 2.